The van der Waals surface area contributed by atoms with Crippen molar-refractivity contribution in [3.63, 3.8) is 0 Å². The zero-order valence-corrected chi connectivity index (χ0v) is 17.3. The van der Waals surface area contributed by atoms with Crippen LogP contribution >= 0.6 is 0 Å². The largest absolute Gasteiger partial charge is 0.419 e. The highest BCUT2D eigenvalue weighted by molar-refractivity contribution is 6.05. The summed E-state index contributed by atoms with van der Waals surface area (Å²) in [7, 11) is 1.61. The van der Waals surface area contributed by atoms with Crippen molar-refractivity contribution in [1.82, 2.24) is 14.8 Å². The second kappa shape index (κ2) is 7.66. The monoisotopic (exact) mass is 426 g/mol. The van der Waals surface area contributed by atoms with Crippen LogP contribution < -0.4 is 11.1 Å². The second-order valence-electron chi connectivity index (χ2n) is 7.42. The number of anilines is 1. The molecule has 1 amide bonds. The fourth-order valence-electron chi connectivity index (χ4n) is 3.41. The molecule has 0 aliphatic heterocycles. The van der Waals surface area contributed by atoms with Gasteiger partial charge in [-0.05, 0) is 61.5 Å². The summed E-state index contributed by atoms with van der Waals surface area (Å²) in [6.45, 7) is 2.00. The number of hydrogen-bond acceptors (Lipinski definition) is 6. The first kappa shape index (κ1) is 19.5. The Hall–Kier alpha value is -4.46. The van der Waals surface area contributed by atoms with E-state index in [1.165, 1.54) is 4.57 Å². The normalized spacial score (nSPS) is 11.1. The van der Waals surface area contributed by atoms with E-state index in [-0.39, 0.29) is 5.91 Å². The average molecular weight is 426 g/mol. The fourth-order valence-corrected chi connectivity index (χ4v) is 3.41. The number of aryl methyl sites for hydroxylation is 2. The molecule has 1 N–H and O–H groups in total. The first-order valence-electron chi connectivity index (χ1n) is 9.90. The number of nitrogens with one attached hydrogen (secondary N) is 1. The summed E-state index contributed by atoms with van der Waals surface area (Å²) >= 11 is 0. The molecule has 0 spiro atoms. The minimum Gasteiger partial charge on any atom is -0.416 e. The zero-order chi connectivity index (χ0) is 22.2. The molecule has 0 aliphatic rings. The standard InChI is InChI=1S/C24H18N4O4/c1-14-4-3-5-17(12-14)23-27-26-22(32-23)16-8-6-15(7-9-16)21(29)25-18-10-11-20-19(13-18)28(2)24(30)31-20/h3-13H,1-2H3,(H,25,29). The third-order valence-electron chi connectivity index (χ3n) is 5.13. The fraction of sp³-hybridized carbons (Fsp3) is 0.0833. The predicted octanol–water partition coefficient (Wildman–Crippen LogP) is 4.41. The number of aromatic nitrogens is 3. The van der Waals surface area contributed by atoms with Crippen LogP contribution in [0.15, 0.2) is 80.4 Å². The average Bonchev–Trinajstić information content (AvgIpc) is 3.40. The van der Waals surface area contributed by atoms with Gasteiger partial charge in [-0.3, -0.25) is 9.36 Å². The smallest absolute Gasteiger partial charge is 0.416 e. The summed E-state index contributed by atoms with van der Waals surface area (Å²) in [5, 5.41) is 11.1. The van der Waals surface area contributed by atoms with Gasteiger partial charge < -0.3 is 14.2 Å². The van der Waals surface area contributed by atoms with Gasteiger partial charge in [0.15, 0.2) is 5.58 Å². The molecule has 2 heterocycles. The van der Waals surface area contributed by atoms with Gasteiger partial charge in [-0.25, -0.2) is 4.79 Å². The van der Waals surface area contributed by atoms with Crippen LogP contribution in [0.3, 0.4) is 0 Å². The minimum atomic E-state index is -0.453. The second-order valence-corrected chi connectivity index (χ2v) is 7.42. The highest BCUT2D eigenvalue weighted by Gasteiger charge is 2.13. The van der Waals surface area contributed by atoms with Gasteiger partial charge >= 0.3 is 5.76 Å². The number of amides is 1. The van der Waals surface area contributed by atoms with Crippen molar-refractivity contribution in [2.75, 3.05) is 5.32 Å². The molecular weight excluding hydrogens is 408 g/mol. The van der Waals surface area contributed by atoms with Crippen molar-refractivity contribution in [2.45, 2.75) is 6.92 Å². The highest BCUT2D eigenvalue weighted by Crippen LogP contribution is 2.25. The quantitative estimate of drug-likeness (QED) is 0.457. The maximum absolute atomic E-state index is 12.7. The van der Waals surface area contributed by atoms with Crippen molar-refractivity contribution in [2.24, 2.45) is 7.05 Å². The summed E-state index contributed by atoms with van der Waals surface area (Å²) in [6, 6.07) is 19.7. The summed E-state index contributed by atoms with van der Waals surface area (Å²) < 4.78 is 12.3. The molecule has 2 aromatic heterocycles. The van der Waals surface area contributed by atoms with Crippen LogP contribution in [0.4, 0.5) is 5.69 Å². The summed E-state index contributed by atoms with van der Waals surface area (Å²) in [5.41, 5.74) is 4.76. The van der Waals surface area contributed by atoms with E-state index in [1.54, 1.807) is 49.5 Å². The third-order valence-corrected chi connectivity index (χ3v) is 5.13. The van der Waals surface area contributed by atoms with Gasteiger partial charge in [0.2, 0.25) is 11.8 Å². The van der Waals surface area contributed by atoms with Gasteiger partial charge in [0, 0.05) is 29.4 Å². The van der Waals surface area contributed by atoms with E-state index >= 15 is 0 Å². The Morgan fingerprint density at radius 3 is 2.41 bits per heavy atom. The van der Waals surface area contributed by atoms with Crippen LogP contribution in [0.5, 0.6) is 0 Å². The van der Waals surface area contributed by atoms with E-state index in [2.05, 4.69) is 15.5 Å². The predicted molar refractivity (Wildman–Crippen MR) is 119 cm³/mol. The Kier molecular flexibility index (Phi) is 4.67. The number of carbonyl (C=O) groups is 1. The van der Waals surface area contributed by atoms with Crippen molar-refractivity contribution < 1.29 is 13.6 Å². The molecule has 0 radical (unpaired) electrons. The van der Waals surface area contributed by atoms with Crippen LogP contribution in [-0.2, 0) is 7.05 Å². The molecule has 5 rings (SSSR count). The van der Waals surface area contributed by atoms with Gasteiger partial charge in [0.05, 0.1) is 5.52 Å². The van der Waals surface area contributed by atoms with E-state index in [1.807, 2.05) is 31.2 Å². The molecule has 8 heteroatoms. The lowest BCUT2D eigenvalue weighted by Gasteiger charge is -2.06. The van der Waals surface area contributed by atoms with E-state index in [4.69, 9.17) is 8.83 Å². The molecule has 0 saturated heterocycles. The number of carbonyl (C=O) groups excluding carboxylic acids is 1. The van der Waals surface area contributed by atoms with Gasteiger partial charge in [-0.15, -0.1) is 10.2 Å². The Balaban J connectivity index is 1.34. The van der Waals surface area contributed by atoms with Gasteiger partial charge in [0.1, 0.15) is 0 Å². The Morgan fingerprint density at radius 2 is 1.66 bits per heavy atom. The summed E-state index contributed by atoms with van der Waals surface area (Å²) in [4.78, 5) is 24.3. The number of oxazole rings is 1. The van der Waals surface area contributed by atoms with Gasteiger partial charge in [-0.2, -0.15) is 0 Å². The molecule has 8 nitrogen and oxygen atoms in total. The number of fused-ring (bicyclic) bond motifs is 1. The molecule has 3 aromatic carbocycles. The Labute approximate surface area is 182 Å². The lowest BCUT2D eigenvalue weighted by molar-refractivity contribution is 0.102. The van der Waals surface area contributed by atoms with Crippen molar-refractivity contribution >= 4 is 22.7 Å². The zero-order valence-electron chi connectivity index (χ0n) is 17.3. The third kappa shape index (κ3) is 3.58. The summed E-state index contributed by atoms with van der Waals surface area (Å²) in [6.07, 6.45) is 0. The van der Waals surface area contributed by atoms with E-state index < -0.39 is 5.76 Å². The van der Waals surface area contributed by atoms with E-state index in [0.29, 0.717) is 39.7 Å². The molecule has 0 bridgehead atoms. The van der Waals surface area contributed by atoms with Gasteiger partial charge in [0.25, 0.3) is 5.91 Å². The van der Waals surface area contributed by atoms with E-state index in [9.17, 15) is 9.59 Å². The van der Waals surface area contributed by atoms with Crippen molar-refractivity contribution in [3.8, 4) is 22.9 Å². The molecule has 5 aromatic rings. The van der Waals surface area contributed by atoms with Crippen molar-refractivity contribution in [3.05, 3.63) is 88.4 Å². The van der Waals surface area contributed by atoms with E-state index in [0.717, 1.165) is 11.1 Å². The number of rotatable bonds is 4. The molecule has 158 valence electrons. The number of benzene rings is 3. The van der Waals surface area contributed by atoms with Crippen LogP contribution in [0.2, 0.25) is 0 Å². The maximum atomic E-state index is 12.7. The lowest BCUT2D eigenvalue weighted by atomic mass is 10.1. The van der Waals surface area contributed by atoms with Crippen LogP contribution in [-0.4, -0.2) is 20.7 Å². The van der Waals surface area contributed by atoms with Crippen LogP contribution in [0.1, 0.15) is 15.9 Å². The molecule has 32 heavy (non-hydrogen) atoms. The SMILES string of the molecule is Cc1cccc(-c2nnc(-c3ccc(C(=O)Nc4ccc5oc(=O)n(C)c5c4)cc3)o2)c1. The number of nitrogens with zero attached hydrogens (tertiary/aromatic N) is 3. The first-order chi connectivity index (χ1) is 15.5. The molecular formula is C24H18N4O4. The Bertz CT molecular complexity index is 1510. The topological polar surface area (TPSA) is 103 Å². The lowest BCUT2D eigenvalue weighted by Crippen LogP contribution is -2.12. The highest BCUT2D eigenvalue weighted by atomic mass is 16.4. The summed E-state index contributed by atoms with van der Waals surface area (Å²) in [5.74, 6) is 0.0790. The molecule has 0 saturated carbocycles. The molecule has 0 fully saturated rings. The molecule has 0 unspecified atom stereocenters. The maximum Gasteiger partial charge on any atom is 0.419 e. The molecule has 0 atom stereocenters. The Morgan fingerprint density at radius 1 is 0.906 bits per heavy atom. The number of hydrogen-bond donors (Lipinski definition) is 1. The van der Waals surface area contributed by atoms with Crippen LogP contribution in [0.25, 0.3) is 34.0 Å². The van der Waals surface area contributed by atoms with Crippen LogP contribution in [0, 0.1) is 6.92 Å². The minimum absolute atomic E-state index is 0.282. The molecule has 0 aliphatic carbocycles. The first-order valence-corrected chi connectivity index (χ1v) is 9.90. The van der Waals surface area contributed by atoms with Crippen molar-refractivity contribution in [1.29, 1.82) is 0 Å². The van der Waals surface area contributed by atoms with Gasteiger partial charge in [-0.1, -0.05) is 17.7 Å².